The monoisotopic (exact) mass is 774 g/mol. The SMILES string of the molecule is C=C(NC=C(Cl)C(=N)N1C[C@@H](N(Cc2cc(C(F)(F)F)cc(C(F)(F)F)c2)C(=C)N=C/C(=C\N)N2CCOCC2)C[C@H]1CC)N1CCC(C(=O)O)CC1. The van der Waals surface area contributed by atoms with Crippen molar-refractivity contribution in [3.8, 4) is 0 Å². The Kier molecular flexibility index (Phi) is 13.8. The molecule has 18 heteroatoms. The molecular formula is C35H45ClF6N8O3. The Bertz CT molecular complexity index is 1570. The number of halogens is 7. The molecule has 5 N–H and O–H groups in total. The van der Waals surface area contributed by atoms with Gasteiger partial charge in [0, 0.05) is 57.7 Å². The summed E-state index contributed by atoms with van der Waals surface area (Å²) < 4.78 is 88.2. The van der Waals surface area contributed by atoms with Crippen LogP contribution in [0.3, 0.4) is 0 Å². The minimum Gasteiger partial charge on any atom is -0.481 e. The predicted molar refractivity (Wildman–Crippen MR) is 189 cm³/mol. The minimum atomic E-state index is -5.03. The Balaban J connectivity index is 1.59. The fraction of sp³-hybridized carbons (Fsp3) is 0.514. The average Bonchev–Trinajstić information content (AvgIpc) is 3.56. The quantitative estimate of drug-likeness (QED) is 0.109. The van der Waals surface area contributed by atoms with Gasteiger partial charge >= 0.3 is 18.3 Å². The van der Waals surface area contributed by atoms with Gasteiger partial charge in [0.25, 0.3) is 0 Å². The van der Waals surface area contributed by atoms with E-state index in [0.29, 0.717) is 88.7 Å². The van der Waals surface area contributed by atoms with Crippen LogP contribution in [0.1, 0.15) is 49.3 Å². The highest BCUT2D eigenvalue weighted by Crippen LogP contribution is 2.38. The molecule has 3 fully saturated rings. The van der Waals surface area contributed by atoms with Crippen molar-refractivity contribution in [2.75, 3.05) is 45.9 Å². The second-order valence-corrected chi connectivity index (χ2v) is 13.5. The van der Waals surface area contributed by atoms with Crippen LogP contribution in [-0.4, -0.2) is 101 Å². The zero-order chi connectivity index (χ0) is 39.1. The number of hydrogen-bond acceptors (Lipinski definition) is 9. The summed E-state index contributed by atoms with van der Waals surface area (Å²) in [4.78, 5) is 22.9. The van der Waals surface area contributed by atoms with Crippen molar-refractivity contribution < 1.29 is 41.0 Å². The number of nitrogens with one attached hydrogen (secondary N) is 2. The van der Waals surface area contributed by atoms with Crippen molar-refractivity contribution in [2.45, 2.75) is 63.6 Å². The number of amidine groups is 1. The number of piperidine rings is 1. The Labute approximate surface area is 309 Å². The first-order chi connectivity index (χ1) is 24.9. The molecular weight excluding hydrogens is 730 g/mol. The highest BCUT2D eigenvalue weighted by Gasteiger charge is 2.40. The van der Waals surface area contributed by atoms with Crippen LogP contribution in [0.2, 0.25) is 0 Å². The minimum absolute atomic E-state index is 0.0324. The van der Waals surface area contributed by atoms with Gasteiger partial charge in [-0.15, -0.1) is 0 Å². The molecule has 0 saturated carbocycles. The number of alkyl halides is 6. The summed E-state index contributed by atoms with van der Waals surface area (Å²) in [5, 5.41) is 21.2. The van der Waals surface area contributed by atoms with Crippen LogP contribution in [-0.2, 0) is 28.4 Å². The third kappa shape index (κ3) is 10.8. The zero-order valence-electron chi connectivity index (χ0n) is 29.3. The number of benzene rings is 1. The van der Waals surface area contributed by atoms with Gasteiger partial charge in [0.2, 0.25) is 0 Å². The van der Waals surface area contributed by atoms with E-state index in [-0.39, 0.29) is 40.9 Å². The summed E-state index contributed by atoms with van der Waals surface area (Å²) in [7, 11) is 0. The number of hydrogen-bond donors (Lipinski definition) is 4. The van der Waals surface area contributed by atoms with Crippen molar-refractivity contribution in [1.29, 1.82) is 5.41 Å². The Morgan fingerprint density at radius 1 is 1.09 bits per heavy atom. The standard InChI is InChI=1S/C35H45ClF6N8O3/c1-4-28-16-29(21-50(28)32(44)31(36)19-46-22(2)47-7-5-25(6-8-47)33(51)52)49(23(3)45-18-30(17-43)48-9-11-53-12-10-48)20-24-13-26(34(37,38)39)15-27(14-24)35(40,41)42/h13-15,17-19,25,28-29,44,46H,2-12,16,20-21,43H2,1H3,(H,51,52)/b30-17+,31-19?,44-32?,45-18?/t28-,29+/m1/s1. The molecule has 0 aliphatic carbocycles. The number of carboxylic acid groups (broad SMARTS) is 1. The number of nitrogens with two attached hydrogens (primary N) is 1. The van der Waals surface area contributed by atoms with Crippen LogP contribution >= 0.6 is 11.6 Å². The van der Waals surface area contributed by atoms with Crippen LogP contribution in [0, 0.1) is 11.3 Å². The number of ether oxygens (including phenoxy) is 1. The van der Waals surface area contributed by atoms with Gasteiger partial charge in [-0.3, -0.25) is 10.2 Å². The highest BCUT2D eigenvalue weighted by molar-refractivity contribution is 6.42. The molecule has 11 nitrogen and oxygen atoms in total. The van der Waals surface area contributed by atoms with E-state index >= 15 is 0 Å². The summed E-state index contributed by atoms with van der Waals surface area (Å²) in [6, 6.07) is 0.638. The first-order valence-corrected chi connectivity index (χ1v) is 17.5. The van der Waals surface area contributed by atoms with E-state index in [4.69, 9.17) is 27.5 Å². The number of morpholine rings is 1. The van der Waals surface area contributed by atoms with Gasteiger partial charge in [-0.1, -0.05) is 31.7 Å². The van der Waals surface area contributed by atoms with E-state index in [0.717, 1.165) is 0 Å². The fourth-order valence-electron chi connectivity index (χ4n) is 6.62. The number of aliphatic carboxylic acids is 1. The Morgan fingerprint density at radius 3 is 2.23 bits per heavy atom. The summed E-state index contributed by atoms with van der Waals surface area (Å²) in [5.41, 5.74) is 3.28. The van der Waals surface area contributed by atoms with Gasteiger partial charge in [-0.05, 0) is 49.4 Å². The first kappa shape index (κ1) is 41.4. The lowest BCUT2D eigenvalue weighted by Crippen LogP contribution is -2.40. The molecule has 0 bridgehead atoms. The molecule has 1 aromatic carbocycles. The largest absolute Gasteiger partial charge is 0.481 e. The highest BCUT2D eigenvalue weighted by atomic mass is 35.5. The molecule has 4 rings (SSSR count). The maximum absolute atomic E-state index is 13.8. The van der Waals surface area contributed by atoms with Crippen LogP contribution in [0.15, 0.2) is 71.1 Å². The van der Waals surface area contributed by atoms with Gasteiger partial charge in [0.05, 0.1) is 59.1 Å². The number of rotatable bonds is 13. The number of carboxylic acids is 1. The Morgan fingerprint density at radius 2 is 1.70 bits per heavy atom. The number of likely N-dealkylation sites (tertiary alicyclic amines) is 2. The van der Waals surface area contributed by atoms with E-state index in [2.05, 4.69) is 23.5 Å². The van der Waals surface area contributed by atoms with Crippen molar-refractivity contribution >= 4 is 29.6 Å². The summed E-state index contributed by atoms with van der Waals surface area (Å²) >= 11 is 6.59. The van der Waals surface area contributed by atoms with E-state index in [1.807, 2.05) is 16.7 Å². The lowest BCUT2D eigenvalue weighted by Gasteiger charge is -2.33. The predicted octanol–water partition coefficient (Wildman–Crippen LogP) is 5.97. The maximum atomic E-state index is 13.8. The van der Waals surface area contributed by atoms with Gasteiger partial charge in [0.15, 0.2) is 0 Å². The number of carbonyl (C=O) groups is 1. The molecule has 3 aliphatic heterocycles. The third-order valence-electron chi connectivity index (χ3n) is 9.63. The molecule has 0 spiro atoms. The molecule has 2 atom stereocenters. The fourth-order valence-corrected chi connectivity index (χ4v) is 6.79. The normalized spacial score (nSPS) is 20.9. The smallest absolute Gasteiger partial charge is 0.416 e. The lowest BCUT2D eigenvalue weighted by atomic mass is 9.97. The molecule has 3 saturated heterocycles. The second-order valence-electron chi connectivity index (χ2n) is 13.0. The molecule has 292 valence electrons. The molecule has 1 aromatic rings. The summed E-state index contributed by atoms with van der Waals surface area (Å²) in [6.45, 7) is 12.6. The van der Waals surface area contributed by atoms with Crippen LogP contribution in [0.4, 0.5) is 26.3 Å². The van der Waals surface area contributed by atoms with Gasteiger partial charge < -0.3 is 40.5 Å². The first-order valence-electron chi connectivity index (χ1n) is 17.1. The third-order valence-corrected chi connectivity index (χ3v) is 9.92. The molecule has 3 aliphatic rings. The molecule has 0 unspecified atom stereocenters. The van der Waals surface area contributed by atoms with E-state index < -0.39 is 48.0 Å². The molecule has 0 amide bonds. The Hall–Kier alpha value is -4.38. The second kappa shape index (κ2) is 17.6. The van der Waals surface area contributed by atoms with Gasteiger partial charge in [-0.25, -0.2) is 4.99 Å². The van der Waals surface area contributed by atoms with Gasteiger partial charge in [-0.2, -0.15) is 26.3 Å². The zero-order valence-corrected chi connectivity index (χ0v) is 30.1. The van der Waals surface area contributed by atoms with Crippen molar-refractivity contribution in [3.05, 3.63) is 82.8 Å². The van der Waals surface area contributed by atoms with E-state index in [1.54, 1.807) is 9.80 Å². The van der Waals surface area contributed by atoms with E-state index in [9.17, 15) is 36.2 Å². The van der Waals surface area contributed by atoms with Crippen LogP contribution < -0.4 is 11.1 Å². The van der Waals surface area contributed by atoms with Crippen molar-refractivity contribution in [3.63, 3.8) is 0 Å². The number of nitrogens with zero attached hydrogens (tertiary/aromatic N) is 5. The average molecular weight is 775 g/mol. The maximum Gasteiger partial charge on any atom is 0.416 e. The van der Waals surface area contributed by atoms with E-state index in [1.165, 1.54) is 18.6 Å². The number of aliphatic imine (C=N–C) groups is 1. The van der Waals surface area contributed by atoms with Gasteiger partial charge in [0.1, 0.15) is 11.7 Å². The summed E-state index contributed by atoms with van der Waals surface area (Å²) in [6.07, 6.45) is -4.04. The van der Waals surface area contributed by atoms with Crippen molar-refractivity contribution in [2.24, 2.45) is 16.6 Å². The van der Waals surface area contributed by atoms with Crippen LogP contribution in [0.5, 0.6) is 0 Å². The number of allylic oxidation sites excluding steroid dienone is 1. The topological polar surface area (TPSA) is 134 Å². The molecule has 0 radical (unpaired) electrons. The lowest BCUT2D eigenvalue weighted by molar-refractivity contribution is -0.144. The molecule has 53 heavy (non-hydrogen) atoms. The summed E-state index contributed by atoms with van der Waals surface area (Å²) in [5.74, 6) is -0.768. The molecule has 3 heterocycles. The van der Waals surface area contributed by atoms with Crippen LogP contribution in [0.25, 0.3) is 0 Å². The van der Waals surface area contributed by atoms with Crippen molar-refractivity contribution in [1.82, 2.24) is 24.9 Å². The molecule has 0 aromatic heterocycles.